The lowest BCUT2D eigenvalue weighted by Gasteiger charge is -2.15. The van der Waals surface area contributed by atoms with Crippen LogP contribution in [0.3, 0.4) is 0 Å². The molecule has 0 saturated heterocycles. The van der Waals surface area contributed by atoms with E-state index < -0.39 is 5.97 Å². The first-order valence-electron chi connectivity index (χ1n) is 8.48. The van der Waals surface area contributed by atoms with Crippen molar-refractivity contribution in [1.29, 1.82) is 0 Å². The highest BCUT2D eigenvalue weighted by atomic mass is 31.0. The quantitative estimate of drug-likeness (QED) is 0.509. The Labute approximate surface area is 161 Å². The Morgan fingerprint density at radius 1 is 1.07 bits per heavy atom. The molecule has 0 spiro atoms. The molecule has 1 aromatic heterocycles. The summed E-state index contributed by atoms with van der Waals surface area (Å²) in [5, 5.41) is 0.853. The molecular formula is C20H24NO5P. The Hall–Kier alpha value is -2.59. The summed E-state index contributed by atoms with van der Waals surface area (Å²) < 4.78 is 21.0. The van der Waals surface area contributed by atoms with E-state index in [0.717, 1.165) is 27.7 Å². The molecule has 0 aliphatic carbocycles. The summed E-state index contributed by atoms with van der Waals surface area (Å²) in [5.74, 6) is 1.34. The van der Waals surface area contributed by atoms with Crippen LogP contribution in [0.15, 0.2) is 24.3 Å². The molecule has 0 N–H and O–H groups in total. The number of nitrogens with zero attached hydrogens (tertiary/aromatic N) is 1. The minimum absolute atomic E-state index is 0.170. The number of esters is 1. The predicted molar refractivity (Wildman–Crippen MR) is 107 cm³/mol. The number of methoxy groups -OCH3 is 2. The van der Waals surface area contributed by atoms with Gasteiger partial charge in [0.1, 0.15) is 11.5 Å². The number of aryl methyl sites for hydroxylation is 2. The lowest BCUT2D eigenvalue weighted by Crippen LogP contribution is -2.16. The van der Waals surface area contributed by atoms with Gasteiger partial charge in [-0.05, 0) is 44.0 Å². The third-order valence-electron chi connectivity index (χ3n) is 3.91. The molecule has 0 aliphatic heterocycles. The van der Waals surface area contributed by atoms with Gasteiger partial charge in [0.2, 0.25) is 5.88 Å². The second kappa shape index (κ2) is 9.38. The first kappa shape index (κ1) is 20.7. The van der Waals surface area contributed by atoms with Crippen molar-refractivity contribution in [1.82, 2.24) is 4.98 Å². The lowest BCUT2D eigenvalue weighted by molar-refractivity contribution is -0.145. The molecule has 0 fully saturated rings. The van der Waals surface area contributed by atoms with Crippen LogP contribution < -0.4 is 14.2 Å². The largest absolute Gasteiger partial charge is 0.497 e. The van der Waals surface area contributed by atoms with Crippen LogP contribution in [0.25, 0.3) is 0 Å². The van der Waals surface area contributed by atoms with Gasteiger partial charge in [0.05, 0.1) is 20.8 Å². The van der Waals surface area contributed by atoms with E-state index in [2.05, 4.69) is 13.8 Å². The number of pyridine rings is 1. The molecule has 0 radical (unpaired) electrons. The van der Waals surface area contributed by atoms with Crippen molar-refractivity contribution in [2.45, 2.75) is 20.8 Å². The monoisotopic (exact) mass is 389 g/mol. The van der Waals surface area contributed by atoms with Crippen molar-refractivity contribution in [3.8, 4) is 17.4 Å². The normalized spacial score (nSPS) is 10.3. The molecule has 6 nitrogen and oxygen atoms in total. The highest BCUT2D eigenvalue weighted by Gasteiger charge is 2.15. The van der Waals surface area contributed by atoms with Gasteiger partial charge in [0, 0.05) is 28.7 Å². The molecule has 27 heavy (non-hydrogen) atoms. The van der Waals surface area contributed by atoms with Gasteiger partial charge in [-0.25, -0.2) is 9.78 Å². The fourth-order valence-electron chi connectivity index (χ4n) is 2.68. The van der Waals surface area contributed by atoms with E-state index in [0.29, 0.717) is 24.0 Å². The summed E-state index contributed by atoms with van der Waals surface area (Å²) in [7, 11) is 6.96. The maximum atomic E-state index is 11.5. The summed E-state index contributed by atoms with van der Waals surface area (Å²) in [6, 6.07) is 7.43. The summed E-state index contributed by atoms with van der Waals surface area (Å²) in [6.45, 7) is 5.74. The molecule has 1 heterocycles. The Kier molecular flexibility index (Phi) is 7.19. The van der Waals surface area contributed by atoms with Gasteiger partial charge < -0.3 is 18.9 Å². The maximum Gasteiger partial charge on any atom is 0.344 e. The SMILES string of the molecule is CCOC(=O)COc1cc(C)c(C(=P)c2cc(OC)cc(OC)c2)c(C)n1. The Morgan fingerprint density at radius 3 is 2.22 bits per heavy atom. The minimum Gasteiger partial charge on any atom is -0.497 e. The van der Waals surface area contributed by atoms with Gasteiger partial charge >= 0.3 is 5.97 Å². The zero-order valence-electron chi connectivity index (χ0n) is 16.2. The van der Waals surface area contributed by atoms with E-state index in [1.54, 1.807) is 27.2 Å². The topological polar surface area (TPSA) is 66.9 Å². The number of ether oxygens (including phenoxy) is 4. The van der Waals surface area contributed by atoms with Crippen LogP contribution in [-0.4, -0.2) is 43.7 Å². The van der Waals surface area contributed by atoms with Crippen LogP contribution in [0.5, 0.6) is 17.4 Å². The van der Waals surface area contributed by atoms with Crippen LogP contribution >= 0.6 is 8.86 Å². The zero-order valence-corrected chi connectivity index (χ0v) is 17.2. The summed E-state index contributed by atoms with van der Waals surface area (Å²) >= 11 is 0. The molecule has 0 bridgehead atoms. The van der Waals surface area contributed by atoms with E-state index in [4.69, 9.17) is 18.9 Å². The highest BCUT2D eigenvalue weighted by Crippen LogP contribution is 2.28. The molecule has 7 heteroatoms. The van der Waals surface area contributed by atoms with Crippen molar-refractivity contribution in [2.24, 2.45) is 0 Å². The number of rotatable bonds is 8. The van der Waals surface area contributed by atoms with E-state index in [1.807, 2.05) is 32.0 Å². The fourth-order valence-corrected chi connectivity index (χ4v) is 3.20. The summed E-state index contributed by atoms with van der Waals surface area (Å²) in [5.41, 5.74) is 3.55. The van der Waals surface area contributed by atoms with E-state index in [1.165, 1.54) is 0 Å². The molecule has 0 saturated carbocycles. The van der Waals surface area contributed by atoms with Gasteiger partial charge in [0.15, 0.2) is 6.61 Å². The van der Waals surface area contributed by atoms with E-state index >= 15 is 0 Å². The number of benzene rings is 1. The molecule has 2 rings (SSSR count). The average molecular weight is 389 g/mol. The second-order valence-electron chi connectivity index (χ2n) is 5.81. The van der Waals surface area contributed by atoms with Gasteiger partial charge in [0.25, 0.3) is 0 Å². The molecule has 2 aromatic rings. The van der Waals surface area contributed by atoms with Crippen LogP contribution in [0.2, 0.25) is 0 Å². The van der Waals surface area contributed by atoms with Crippen molar-refractivity contribution in [3.63, 3.8) is 0 Å². The van der Waals surface area contributed by atoms with Gasteiger partial charge in [-0.2, -0.15) is 0 Å². The standard InChI is InChI=1S/C20H24NO5P/c1-6-25-18(22)11-26-17-7-12(2)19(13(3)21-17)20(27)14-8-15(23-4)10-16(9-14)24-5/h7-10,27H,6,11H2,1-5H3. The summed E-state index contributed by atoms with van der Waals surface area (Å²) in [6.07, 6.45) is 0. The predicted octanol–water partition coefficient (Wildman–Crippen LogP) is 3.37. The molecule has 0 unspecified atom stereocenters. The highest BCUT2D eigenvalue weighted by molar-refractivity contribution is 7.23. The Balaban J connectivity index is 2.31. The molecule has 0 amide bonds. The van der Waals surface area contributed by atoms with Gasteiger partial charge in [-0.3, -0.25) is 0 Å². The maximum absolute atomic E-state index is 11.5. The third-order valence-corrected chi connectivity index (χ3v) is 4.45. The third kappa shape index (κ3) is 5.20. The molecule has 144 valence electrons. The number of aromatic nitrogens is 1. The van der Waals surface area contributed by atoms with Crippen molar-refractivity contribution < 1.29 is 23.7 Å². The molecular weight excluding hydrogens is 365 g/mol. The number of hydrogen-bond acceptors (Lipinski definition) is 6. The molecule has 0 atom stereocenters. The lowest BCUT2D eigenvalue weighted by atomic mass is 9.99. The first-order valence-corrected chi connectivity index (χ1v) is 8.98. The fraction of sp³-hybridized carbons (Fsp3) is 0.350. The van der Waals surface area contributed by atoms with Gasteiger partial charge in [-0.1, -0.05) is 0 Å². The molecule has 0 aliphatic rings. The number of carbonyl (C=O) groups excluding carboxylic acids is 1. The van der Waals surface area contributed by atoms with Crippen LogP contribution in [0, 0.1) is 13.8 Å². The Bertz CT molecular complexity index is 805. The van der Waals surface area contributed by atoms with Crippen molar-refractivity contribution in [2.75, 3.05) is 27.4 Å². The van der Waals surface area contributed by atoms with Crippen LogP contribution in [0.1, 0.15) is 29.3 Å². The van der Waals surface area contributed by atoms with E-state index in [-0.39, 0.29) is 6.61 Å². The van der Waals surface area contributed by atoms with Crippen molar-refractivity contribution in [3.05, 3.63) is 46.6 Å². The molecule has 1 aromatic carbocycles. The van der Waals surface area contributed by atoms with Gasteiger partial charge in [-0.15, -0.1) is 8.86 Å². The average Bonchev–Trinajstić information content (AvgIpc) is 2.65. The van der Waals surface area contributed by atoms with E-state index in [9.17, 15) is 4.79 Å². The van der Waals surface area contributed by atoms with Crippen LogP contribution in [0.4, 0.5) is 0 Å². The smallest absolute Gasteiger partial charge is 0.344 e. The Morgan fingerprint density at radius 2 is 1.70 bits per heavy atom. The zero-order chi connectivity index (χ0) is 20.0. The van der Waals surface area contributed by atoms with Crippen molar-refractivity contribution >= 4 is 20.1 Å². The van der Waals surface area contributed by atoms with Crippen LogP contribution in [-0.2, 0) is 9.53 Å². The number of carbonyl (C=O) groups is 1. The first-order chi connectivity index (χ1) is 12.9. The number of hydrogen-bond donors (Lipinski definition) is 0. The summed E-state index contributed by atoms with van der Waals surface area (Å²) in [4.78, 5) is 15.9. The minimum atomic E-state index is -0.422. The second-order valence-corrected chi connectivity index (χ2v) is 6.31.